The first kappa shape index (κ1) is 20.5. The van der Waals surface area contributed by atoms with Gasteiger partial charge in [0.25, 0.3) is 5.91 Å². The summed E-state index contributed by atoms with van der Waals surface area (Å²) >= 11 is 0. The van der Waals surface area contributed by atoms with E-state index in [-0.39, 0.29) is 29.8 Å². The van der Waals surface area contributed by atoms with E-state index in [1.807, 2.05) is 31.2 Å². The molecule has 8 heteroatoms. The third kappa shape index (κ3) is 3.81. The average molecular weight is 434 g/mol. The van der Waals surface area contributed by atoms with Gasteiger partial charge in [-0.15, -0.1) is 0 Å². The van der Waals surface area contributed by atoms with Crippen molar-refractivity contribution in [3.05, 3.63) is 53.3 Å². The third-order valence-corrected chi connectivity index (χ3v) is 6.65. The standard InChI is InChI=1S/C24H26N4O4/c1-24(7-8-24)22(30)20-5-4-17(11-26-20)32-18-6-9-27(13-18)16-3-2-15-12-28(14-21(25)29)23(31)19(15)10-16/h2-5,10-11,18H,6-9,12-14H2,1H3,(H2,25,29)/t18-/m1/s1. The largest absolute Gasteiger partial charge is 0.487 e. The molecule has 1 aromatic carbocycles. The van der Waals surface area contributed by atoms with Gasteiger partial charge in [0.15, 0.2) is 5.78 Å². The van der Waals surface area contributed by atoms with Gasteiger partial charge in [-0.25, -0.2) is 4.98 Å². The predicted molar refractivity (Wildman–Crippen MR) is 118 cm³/mol. The van der Waals surface area contributed by atoms with Crippen molar-refractivity contribution in [3.8, 4) is 5.75 Å². The number of pyridine rings is 1. The van der Waals surface area contributed by atoms with Crippen molar-refractivity contribution in [1.82, 2.24) is 9.88 Å². The molecule has 1 saturated heterocycles. The maximum Gasteiger partial charge on any atom is 0.255 e. The molecule has 2 fully saturated rings. The van der Waals surface area contributed by atoms with E-state index in [4.69, 9.17) is 10.5 Å². The second-order valence-electron chi connectivity index (χ2n) is 9.21. The summed E-state index contributed by atoms with van der Waals surface area (Å²) in [6, 6.07) is 9.40. The number of fused-ring (bicyclic) bond motifs is 1. The summed E-state index contributed by atoms with van der Waals surface area (Å²) in [7, 11) is 0. The van der Waals surface area contributed by atoms with E-state index in [1.165, 1.54) is 4.90 Å². The van der Waals surface area contributed by atoms with Crippen molar-refractivity contribution in [2.75, 3.05) is 24.5 Å². The molecular weight excluding hydrogens is 408 g/mol. The lowest BCUT2D eigenvalue weighted by Gasteiger charge is -2.19. The number of carbonyl (C=O) groups is 3. The molecule has 3 aliphatic rings. The molecule has 1 aromatic heterocycles. The molecule has 2 aromatic rings. The number of benzene rings is 1. The lowest BCUT2D eigenvalue weighted by molar-refractivity contribution is -0.118. The Hall–Kier alpha value is -3.42. The number of hydrogen-bond donors (Lipinski definition) is 1. The number of anilines is 1. The molecular formula is C24H26N4O4. The fraction of sp³-hybridized carbons (Fsp3) is 0.417. The lowest BCUT2D eigenvalue weighted by Crippen LogP contribution is -2.33. The maximum absolute atomic E-state index is 12.6. The molecule has 32 heavy (non-hydrogen) atoms. The zero-order chi connectivity index (χ0) is 22.5. The van der Waals surface area contributed by atoms with Crippen LogP contribution in [0.5, 0.6) is 5.75 Å². The Bertz CT molecular complexity index is 1090. The second kappa shape index (κ2) is 7.62. The molecule has 8 nitrogen and oxygen atoms in total. The number of primary amides is 1. The van der Waals surface area contributed by atoms with E-state index in [2.05, 4.69) is 9.88 Å². The van der Waals surface area contributed by atoms with Crippen molar-refractivity contribution in [2.24, 2.45) is 11.1 Å². The minimum absolute atomic E-state index is 0.00498. The summed E-state index contributed by atoms with van der Waals surface area (Å²) in [5.74, 6) is 0.0881. The molecule has 0 spiro atoms. The van der Waals surface area contributed by atoms with E-state index < -0.39 is 5.91 Å². The molecule has 2 amide bonds. The van der Waals surface area contributed by atoms with Gasteiger partial charge in [-0.2, -0.15) is 0 Å². The van der Waals surface area contributed by atoms with Crippen LogP contribution in [0, 0.1) is 5.41 Å². The Kier molecular flexibility index (Phi) is 4.87. The van der Waals surface area contributed by atoms with Crippen LogP contribution in [0.25, 0.3) is 0 Å². The number of ketones is 1. The number of ether oxygens (including phenoxy) is 1. The fourth-order valence-corrected chi connectivity index (χ4v) is 4.42. The third-order valence-electron chi connectivity index (χ3n) is 6.65. The monoisotopic (exact) mass is 434 g/mol. The molecule has 1 aliphatic carbocycles. The van der Waals surface area contributed by atoms with Gasteiger partial charge in [-0.3, -0.25) is 14.4 Å². The van der Waals surface area contributed by atoms with E-state index >= 15 is 0 Å². The molecule has 3 heterocycles. The minimum Gasteiger partial charge on any atom is -0.487 e. The van der Waals surface area contributed by atoms with Gasteiger partial charge < -0.3 is 20.3 Å². The number of hydrogen-bond acceptors (Lipinski definition) is 6. The van der Waals surface area contributed by atoms with Crippen LogP contribution in [-0.4, -0.2) is 53.2 Å². The van der Waals surface area contributed by atoms with Crippen LogP contribution >= 0.6 is 0 Å². The first-order valence-corrected chi connectivity index (χ1v) is 11.0. The second-order valence-corrected chi connectivity index (χ2v) is 9.21. The molecule has 1 atom stereocenters. The zero-order valence-electron chi connectivity index (χ0n) is 18.0. The van der Waals surface area contributed by atoms with Crippen LogP contribution in [0.1, 0.15) is 52.6 Å². The van der Waals surface area contributed by atoms with Crippen LogP contribution in [-0.2, 0) is 11.3 Å². The topological polar surface area (TPSA) is 106 Å². The van der Waals surface area contributed by atoms with Gasteiger partial charge in [-0.1, -0.05) is 13.0 Å². The number of rotatable bonds is 7. The van der Waals surface area contributed by atoms with Gasteiger partial charge in [0.05, 0.1) is 19.3 Å². The lowest BCUT2D eigenvalue weighted by atomic mass is 10.0. The molecule has 2 aliphatic heterocycles. The van der Waals surface area contributed by atoms with E-state index in [1.54, 1.807) is 12.3 Å². The number of nitrogens with zero attached hydrogens (tertiary/aromatic N) is 3. The number of Topliss-reactive ketones (excluding diaryl/α,β-unsaturated/α-hetero) is 1. The van der Waals surface area contributed by atoms with E-state index in [9.17, 15) is 14.4 Å². The first-order chi connectivity index (χ1) is 15.3. The highest BCUT2D eigenvalue weighted by atomic mass is 16.5. The highest BCUT2D eigenvalue weighted by molar-refractivity contribution is 6.01. The van der Waals surface area contributed by atoms with Crippen LogP contribution in [0.3, 0.4) is 0 Å². The van der Waals surface area contributed by atoms with Gasteiger partial charge in [-0.05, 0) is 42.7 Å². The predicted octanol–water partition coefficient (Wildman–Crippen LogP) is 2.16. The number of carbonyl (C=O) groups excluding carboxylic acids is 3. The van der Waals surface area contributed by atoms with Crippen molar-refractivity contribution in [1.29, 1.82) is 0 Å². The van der Waals surface area contributed by atoms with Crippen molar-refractivity contribution >= 4 is 23.3 Å². The minimum atomic E-state index is -0.514. The smallest absolute Gasteiger partial charge is 0.255 e. The van der Waals surface area contributed by atoms with E-state index in [0.717, 1.165) is 37.1 Å². The molecule has 0 radical (unpaired) electrons. The highest BCUT2D eigenvalue weighted by Crippen LogP contribution is 2.47. The van der Waals surface area contributed by atoms with Crippen molar-refractivity contribution < 1.29 is 19.1 Å². The van der Waals surface area contributed by atoms with Gasteiger partial charge in [0, 0.05) is 36.2 Å². The van der Waals surface area contributed by atoms with Crippen LogP contribution in [0.2, 0.25) is 0 Å². The Labute approximate surface area is 186 Å². The summed E-state index contributed by atoms with van der Waals surface area (Å²) in [6.07, 6.45) is 4.33. The molecule has 5 rings (SSSR count). The SMILES string of the molecule is CC1(C(=O)c2ccc(O[C@@H]3CCN(c4ccc5c(c4)C(=O)N(CC(N)=O)C5)C3)cn2)CC1. The Morgan fingerprint density at radius 3 is 2.75 bits per heavy atom. The number of amides is 2. The highest BCUT2D eigenvalue weighted by Gasteiger charge is 2.45. The van der Waals surface area contributed by atoms with Crippen LogP contribution < -0.4 is 15.4 Å². The summed E-state index contributed by atoms with van der Waals surface area (Å²) in [6.45, 7) is 3.83. The molecule has 0 bridgehead atoms. The van der Waals surface area contributed by atoms with Crippen LogP contribution in [0.15, 0.2) is 36.5 Å². The zero-order valence-corrected chi connectivity index (χ0v) is 18.0. The Morgan fingerprint density at radius 2 is 2.06 bits per heavy atom. The Balaban J connectivity index is 1.21. The fourth-order valence-electron chi connectivity index (χ4n) is 4.42. The van der Waals surface area contributed by atoms with Crippen molar-refractivity contribution in [2.45, 2.75) is 38.8 Å². The quantitative estimate of drug-likeness (QED) is 0.670. The van der Waals surface area contributed by atoms with Crippen molar-refractivity contribution in [3.63, 3.8) is 0 Å². The molecule has 2 N–H and O–H groups in total. The summed E-state index contributed by atoms with van der Waals surface area (Å²) in [5, 5.41) is 0. The summed E-state index contributed by atoms with van der Waals surface area (Å²) in [4.78, 5) is 44.2. The number of nitrogens with two attached hydrogens (primary N) is 1. The maximum atomic E-state index is 12.6. The Morgan fingerprint density at radius 1 is 1.25 bits per heavy atom. The van der Waals surface area contributed by atoms with Crippen LogP contribution in [0.4, 0.5) is 5.69 Å². The molecule has 0 unspecified atom stereocenters. The van der Waals surface area contributed by atoms with Gasteiger partial charge in [0.2, 0.25) is 5.91 Å². The summed E-state index contributed by atoms with van der Waals surface area (Å²) in [5.41, 5.74) is 8.01. The van der Waals surface area contributed by atoms with Gasteiger partial charge in [0.1, 0.15) is 17.5 Å². The normalized spacial score (nSPS) is 20.9. The first-order valence-electron chi connectivity index (χ1n) is 11.0. The summed E-state index contributed by atoms with van der Waals surface area (Å²) < 4.78 is 6.10. The molecule has 1 saturated carbocycles. The van der Waals surface area contributed by atoms with E-state index in [0.29, 0.717) is 30.1 Å². The molecule has 166 valence electrons. The van der Waals surface area contributed by atoms with Gasteiger partial charge >= 0.3 is 0 Å². The number of aromatic nitrogens is 1. The average Bonchev–Trinajstić information content (AvgIpc) is 3.23.